The van der Waals surface area contributed by atoms with Crippen LogP contribution in [0.25, 0.3) is 0 Å². The van der Waals surface area contributed by atoms with Crippen molar-refractivity contribution >= 4 is 5.91 Å². The van der Waals surface area contributed by atoms with Gasteiger partial charge in [-0.3, -0.25) is 4.79 Å². The van der Waals surface area contributed by atoms with Gasteiger partial charge in [-0.2, -0.15) is 0 Å². The van der Waals surface area contributed by atoms with E-state index in [4.69, 9.17) is 4.74 Å². The second-order valence-corrected chi connectivity index (χ2v) is 5.62. The number of carbonyl (C=O) groups excluding carboxylic acids is 1. The van der Waals surface area contributed by atoms with E-state index in [0.29, 0.717) is 0 Å². The van der Waals surface area contributed by atoms with Crippen LogP contribution in [0, 0.1) is 11.8 Å². The molecular formula is C13H25NO4. The molecule has 1 aliphatic heterocycles. The highest BCUT2D eigenvalue weighted by Gasteiger charge is 2.44. The van der Waals surface area contributed by atoms with Gasteiger partial charge in [0.05, 0.1) is 18.2 Å². The SMILES string of the molecule is CC(=O)NC(C(C)C)C1OC(C)C(C)C(O)C1O. The van der Waals surface area contributed by atoms with Gasteiger partial charge in [0.2, 0.25) is 5.91 Å². The van der Waals surface area contributed by atoms with Crippen LogP contribution >= 0.6 is 0 Å². The first-order valence-corrected chi connectivity index (χ1v) is 6.54. The summed E-state index contributed by atoms with van der Waals surface area (Å²) in [6.45, 7) is 9.06. The molecule has 0 radical (unpaired) electrons. The van der Waals surface area contributed by atoms with E-state index in [1.54, 1.807) is 0 Å². The van der Waals surface area contributed by atoms with E-state index in [9.17, 15) is 15.0 Å². The number of hydrogen-bond acceptors (Lipinski definition) is 4. The Morgan fingerprint density at radius 2 is 1.78 bits per heavy atom. The number of hydrogen-bond donors (Lipinski definition) is 3. The molecule has 5 nitrogen and oxygen atoms in total. The molecule has 0 spiro atoms. The topological polar surface area (TPSA) is 78.8 Å². The maximum atomic E-state index is 11.2. The Hall–Kier alpha value is -0.650. The minimum atomic E-state index is -0.976. The summed E-state index contributed by atoms with van der Waals surface area (Å²) in [5, 5.41) is 22.9. The third kappa shape index (κ3) is 3.22. The Kier molecular flexibility index (Phi) is 5.13. The lowest BCUT2D eigenvalue weighted by molar-refractivity contribution is -0.202. The number of aliphatic hydroxyl groups excluding tert-OH is 2. The van der Waals surface area contributed by atoms with E-state index in [1.165, 1.54) is 6.92 Å². The first-order valence-electron chi connectivity index (χ1n) is 6.54. The second-order valence-electron chi connectivity index (χ2n) is 5.62. The summed E-state index contributed by atoms with van der Waals surface area (Å²) in [5.74, 6) is -0.173. The molecule has 1 heterocycles. The van der Waals surface area contributed by atoms with Gasteiger partial charge in [-0.25, -0.2) is 0 Å². The van der Waals surface area contributed by atoms with E-state index in [-0.39, 0.29) is 29.9 Å². The molecule has 6 atom stereocenters. The van der Waals surface area contributed by atoms with Crippen LogP contribution < -0.4 is 5.32 Å². The predicted molar refractivity (Wildman–Crippen MR) is 68.0 cm³/mol. The van der Waals surface area contributed by atoms with Crippen molar-refractivity contribution in [2.75, 3.05) is 0 Å². The minimum Gasteiger partial charge on any atom is -0.390 e. The summed E-state index contributed by atoms with van der Waals surface area (Å²) in [4.78, 5) is 11.2. The summed E-state index contributed by atoms with van der Waals surface area (Å²) in [6.07, 6.45) is -2.53. The van der Waals surface area contributed by atoms with Crippen molar-refractivity contribution in [3.05, 3.63) is 0 Å². The zero-order valence-electron chi connectivity index (χ0n) is 11.8. The molecule has 0 aromatic rings. The molecule has 0 aliphatic carbocycles. The normalized spacial score (nSPS) is 38.6. The van der Waals surface area contributed by atoms with Crippen LogP contribution in [0.15, 0.2) is 0 Å². The van der Waals surface area contributed by atoms with Crippen molar-refractivity contribution in [3.8, 4) is 0 Å². The summed E-state index contributed by atoms with van der Waals surface area (Å²) in [6, 6.07) is -0.304. The highest BCUT2D eigenvalue weighted by Crippen LogP contribution is 2.29. The van der Waals surface area contributed by atoms with E-state index < -0.39 is 18.3 Å². The fourth-order valence-electron chi connectivity index (χ4n) is 2.40. The maximum Gasteiger partial charge on any atom is 0.217 e. The van der Waals surface area contributed by atoms with E-state index in [1.807, 2.05) is 27.7 Å². The van der Waals surface area contributed by atoms with Crippen LogP contribution in [0.3, 0.4) is 0 Å². The fraction of sp³-hybridized carbons (Fsp3) is 0.923. The minimum absolute atomic E-state index is 0.112. The largest absolute Gasteiger partial charge is 0.390 e. The lowest BCUT2D eigenvalue weighted by atomic mass is 9.83. The lowest BCUT2D eigenvalue weighted by Crippen LogP contribution is -2.61. The molecule has 18 heavy (non-hydrogen) atoms. The van der Waals surface area contributed by atoms with Crippen LogP contribution in [0.5, 0.6) is 0 Å². The highest BCUT2D eigenvalue weighted by atomic mass is 16.5. The molecule has 5 heteroatoms. The van der Waals surface area contributed by atoms with Gasteiger partial charge in [0.15, 0.2) is 0 Å². The maximum absolute atomic E-state index is 11.2. The smallest absolute Gasteiger partial charge is 0.217 e. The number of rotatable bonds is 3. The number of carbonyl (C=O) groups is 1. The highest BCUT2D eigenvalue weighted by molar-refractivity contribution is 5.73. The summed E-state index contributed by atoms with van der Waals surface area (Å²) < 4.78 is 5.78. The van der Waals surface area contributed by atoms with Crippen molar-refractivity contribution in [1.82, 2.24) is 5.32 Å². The Balaban J connectivity index is 2.87. The van der Waals surface area contributed by atoms with Gasteiger partial charge in [0.1, 0.15) is 12.2 Å². The quantitative estimate of drug-likeness (QED) is 0.681. The van der Waals surface area contributed by atoms with Crippen LogP contribution in [0.1, 0.15) is 34.6 Å². The zero-order valence-corrected chi connectivity index (χ0v) is 11.8. The van der Waals surface area contributed by atoms with Crippen LogP contribution in [-0.2, 0) is 9.53 Å². The number of aliphatic hydroxyl groups is 2. The third-order valence-electron chi connectivity index (χ3n) is 3.78. The van der Waals surface area contributed by atoms with Crippen molar-refractivity contribution in [1.29, 1.82) is 0 Å². The van der Waals surface area contributed by atoms with E-state index in [2.05, 4.69) is 5.32 Å². The molecule has 0 bridgehead atoms. The van der Waals surface area contributed by atoms with Gasteiger partial charge >= 0.3 is 0 Å². The van der Waals surface area contributed by atoms with Gasteiger partial charge in [0.25, 0.3) is 0 Å². The zero-order chi connectivity index (χ0) is 14.0. The molecule has 1 saturated heterocycles. The molecule has 1 amide bonds. The number of ether oxygens (including phenoxy) is 1. The molecule has 106 valence electrons. The number of amides is 1. The Morgan fingerprint density at radius 3 is 2.22 bits per heavy atom. The van der Waals surface area contributed by atoms with Crippen LogP contribution in [-0.4, -0.2) is 46.6 Å². The monoisotopic (exact) mass is 259 g/mol. The van der Waals surface area contributed by atoms with Gasteiger partial charge in [-0.1, -0.05) is 20.8 Å². The molecule has 1 rings (SSSR count). The predicted octanol–water partition coefficient (Wildman–Crippen LogP) is 0.292. The lowest BCUT2D eigenvalue weighted by Gasteiger charge is -2.44. The molecule has 6 unspecified atom stereocenters. The van der Waals surface area contributed by atoms with Gasteiger partial charge in [-0.15, -0.1) is 0 Å². The Morgan fingerprint density at radius 1 is 1.22 bits per heavy atom. The second kappa shape index (κ2) is 5.99. The molecule has 3 N–H and O–H groups in total. The molecule has 0 saturated carbocycles. The van der Waals surface area contributed by atoms with Crippen molar-refractivity contribution in [3.63, 3.8) is 0 Å². The average Bonchev–Trinajstić information content (AvgIpc) is 2.28. The van der Waals surface area contributed by atoms with Crippen molar-refractivity contribution in [2.45, 2.75) is 65.1 Å². The molecule has 1 aliphatic rings. The molecule has 0 aromatic carbocycles. The van der Waals surface area contributed by atoms with Gasteiger partial charge in [-0.05, 0) is 12.8 Å². The first-order chi connectivity index (χ1) is 8.25. The van der Waals surface area contributed by atoms with Crippen LogP contribution in [0.4, 0.5) is 0 Å². The number of nitrogens with one attached hydrogen (secondary N) is 1. The van der Waals surface area contributed by atoms with Gasteiger partial charge < -0.3 is 20.3 Å². The summed E-state index contributed by atoms with van der Waals surface area (Å²) in [7, 11) is 0. The summed E-state index contributed by atoms with van der Waals surface area (Å²) in [5.41, 5.74) is 0. The van der Waals surface area contributed by atoms with Crippen molar-refractivity contribution < 1.29 is 19.7 Å². The van der Waals surface area contributed by atoms with Crippen LogP contribution in [0.2, 0.25) is 0 Å². The fourth-order valence-corrected chi connectivity index (χ4v) is 2.40. The van der Waals surface area contributed by atoms with Gasteiger partial charge in [0, 0.05) is 12.8 Å². The first kappa shape index (κ1) is 15.4. The van der Waals surface area contributed by atoms with E-state index in [0.717, 1.165) is 0 Å². The standard InChI is InChI=1S/C13H25NO4/c1-6(2)10(14-9(5)15)13-12(17)11(16)7(3)8(4)18-13/h6-8,10-13,16-17H,1-5H3,(H,14,15). The summed E-state index contributed by atoms with van der Waals surface area (Å²) >= 11 is 0. The van der Waals surface area contributed by atoms with Crippen molar-refractivity contribution in [2.24, 2.45) is 11.8 Å². The Labute approximate surface area is 109 Å². The molecule has 0 aromatic heterocycles. The molecule has 1 fully saturated rings. The van der Waals surface area contributed by atoms with E-state index >= 15 is 0 Å². The average molecular weight is 259 g/mol. The third-order valence-corrected chi connectivity index (χ3v) is 3.78. The Bertz CT molecular complexity index is 295. The molecular weight excluding hydrogens is 234 g/mol.